The van der Waals surface area contributed by atoms with Crippen molar-refractivity contribution in [1.29, 1.82) is 0 Å². The highest BCUT2D eigenvalue weighted by Crippen LogP contribution is 2.31. The van der Waals surface area contributed by atoms with Crippen molar-refractivity contribution in [2.75, 3.05) is 45.7 Å². The van der Waals surface area contributed by atoms with Gasteiger partial charge in [-0.2, -0.15) is 8.42 Å². The van der Waals surface area contributed by atoms with Crippen LogP contribution in [0.1, 0.15) is 107 Å². The number of hydrogen-bond donors (Lipinski definition) is 3. The van der Waals surface area contributed by atoms with E-state index in [4.69, 9.17) is 25.2 Å². The molecule has 2 fully saturated rings. The normalized spacial score (nSPS) is 17.7. The summed E-state index contributed by atoms with van der Waals surface area (Å²) in [5.74, 6) is -0.0854. The number of epoxide rings is 1. The summed E-state index contributed by atoms with van der Waals surface area (Å²) in [7, 11) is -3.67. The van der Waals surface area contributed by atoms with E-state index in [1.54, 1.807) is 6.92 Å². The van der Waals surface area contributed by atoms with Gasteiger partial charge in [0, 0.05) is 36.7 Å². The van der Waals surface area contributed by atoms with E-state index in [-0.39, 0.29) is 73.3 Å². The summed E-state index contributed by atoms with van der Waals surface area (Å²) in [5, 5.41) is 6.10. The van der Waals surface area contributed by atoms with Gasteiger partial charge in [-0.15, -0.1) is 12.3 Å². The van der Waals surface area contributed by atoms with Crippen LogP contribution >= 0.6 is 0 Å². The summed E-state index contributed by atoms with van der Waals surface area (Å²) in [6.07, 6.45) is 8.30. The smallest absolute Gasteiger partial charge is 0.312 e. The number of terminal acetylenes is 1. The Balaban J connectivity index is 0.00000220. The van der Waals surface area contributed by atoms with E-state index < -0.39 is 45.5 Å². The molecule has 15 nitrogen and oxygen atoms in total. The second kappa shape index (κ2) is 28.2. The average Bonchev–Trinajstić information content (AvgIpc) is 4.07. The Morgan fingerprint density at radius 1 is 0.808 bits per heavy atom. The summed E-state index contributed by atoms with van der Waals surface area (Å²) in [6.45, 7) is 16.7. The fraction of sp³-hybridized carbons (Fsp3) is 0.544. The second-order valence-electron chi connectivity index (χ2n) is 21.0. The van der Waals surface area contributed by atoms with Crippen LogP contribution in [0.5, 0.6) is 5.75 Å². The number of carbonyl (C=O) groups is 6. The standard InChI is InChI=1S/C56H73N3O9.CH4O3S/c1-9-10-21-51(62)68-52-40(6)30-44(31-41(52)7)35-59(24-26-66-27-25-59)36-47(60)33-45(23-22-42-17-13-11-14-18-42)54(64)57-48(28-38(2)3)50(61)34-46(32-43-19-15-12-16-20-43)55(65)58-49(29-39(4)5)53(63)56(8)37-67-56;1-5(2,3)4/h1,11-20,30-31,38-39,45-46,48-49H,10,21-29,32-37H2,2-8H3,(H-,57,58,64,65);1H3,(H,2,3,4)/p+1/t45-,46-,48+,49+,56-;/m1./s1. The minimum Gasteiger partial charge on any atom is -0.426 e. The quantitative estimate of drug-likeness (QED) is 0.0177. The molecule has 2 amide bonds. The first-order valence-electron chi connectivity index (χ1n) is 25.4. The molecule has 73 heavy (non-hydrogen) atoms. The van der Waals surface area contributed by atoms with Gasteiger partial charge in [0.2, 0.25) is 11.8 Å². The van der Waals surface area contributed by atoms with Crippen LogP contribution in [-0.4, -0.2) is 116 Å². The number of ether oxygens (including phenoxy) is 3. The van der Waals surface area contributed by atoms with Crippen molar-refractivity contribution in [3.05, 3.63) is 101 Å². The fourth-order valence-corrected chi connectivity index (χ4v) is 9.33. The molecule has 2 heterocycles. The predicted molar refractivity (Wildman–Crippen MR) is 280 cm³/mol. The van der Waals surface area contributed by atoms with Gasteiger partial charge < -0.3 is 29.3 Å². The zero-order chi connectivity index (χ0) is 53.9. The monoisotopic (exact) mass is 1030 g/mol. The number of ketones is 3. The van der Waals surface area contributed by atoms with Crippen LogP contribution in [0.3, 0.4) is 0 Å². The second-order valence-corrected chi connectivity index (χ2v) is 22.4. The van der Waals surface area contributed by atoms with E-state index in [1.807, 2.05) is 114 Å². The van der Waals surface area contributed by atoms with Crippen molar-refractivity contribution in [2.24, 2.45) is 23.7 Å². The third-order valence-corrected chi connectivity index (χ3v) is 13.1. The van der Waals surface area contributed by atoms with Gasteiger partial charge in [-0.25, -0.2) is 0 Å². The topological polar surface area (TPSA) is 212 Å². The molecule has 0 aliphatic carbocycles. The lowest BCUT2D eigenvalue weighted by Crippen LogP contribution is -2.57. The Labute approximate surface area is 433 Å². The number of rotatable bonds is 27. The first-order valence-corrected chi connectivity index (χ1v) is 27.2. The van der Waals surface area contributed by atoms with Gasteiger partial charge in [0.1, 0.15) is 37.5 Å². The third kappa shape index (κ3) is 21.1. The lowest BCUT2D eigenvalue weighted by Gasteiger charge is -2.41. The van der Waals surface area contributed by atoms with Crippen molar-refractivity contribution >= 4 is 45.3 Å². The lowest BCUT2D eigenvalue weighted by molar-refractivity contribution is -0.940. The molecule has 398 valence electrons. The molecule has 2 aliphatic heterocycles. The number of hydrogen-bond acceptors (Lipinski definition) is 11. The van der Waals surface area contributed by atoms with Gasteiger partial charge in [-0.1, -0.05) is 88.4 Å². The summed E-state index contributed by atoms with van der Waals surface area (Å²) in [5.41, 5.74) is 3.59. The Bertz CT molecular complexity index is 2460. The molecule has 0 saturated carbocycles. The van der Waals surface area contributed by atoms with Crippen LogP contribution in [0.4, 0.5) is 0 Å². The number of nitrogens with one attached hydrogen (secondary N) is 2. The Morgan fingerprint density at radius 2 is 1.33 bits per heavy atom. The first kappa shape index (κ1) is 60.0. The average molecular weight is 1030 g/mol. The summed E-state index contributed by atoms with van der Waals surface area (Å²) in [4.78, 5) is 83.8. The van der Waals surface area contributed by atoms with Gasteiger partial charge in [0.25, 0.3) is 10.1 Å². The number of esters is 1. The Kier molecular flexibility index (Phi) is 23.2. The molecule has 0 unspecified atom stereocenters. The summed E-state index contributed by atoms with van der Waals surface area (Å²) in [6, 6.07) is 21.6. The van der Waals surface area contributed by atoms with Crippen molar-refractivity contribution < 1.29 is 60.4 Å². The number of carbonyl (C=O) groups excluding carboxylic acids is 6. The maximum atomic E-state index is 14.6. The molecule has 5 rings (SSSR count). The SMILES string of the molecule is C#CCCC(=O)Oc1c(C)cc(C[N+]2(CC(=O)C[C@@H](CCc3ccccc3)C(=O)N[C@@H](CC(C)C)C(=O)C[C@@H](Cc3ccccc3)C(=O)N[C@@H](CC(C)C)C(=O)[C@@]3(C)CO3)CCOCC2)cc1C.CS(=O)(=O)O. The number of amides is 2. The number of benzene rings is 3. The summed E-state index contributed by atoms with van der Waals surface area (Å²) < 4.78 is 43.3. The first-order chi connectivity index (χ1) is 34.4. The van der Waals surface area contributed by atoms with E-state index in [2.05, 4.69) is 16.6 Å². The number of nitrogens with zero attached hydrogens (tertiary/aromatic N) is 1. The van der Waals surface area contributed by atoms with Gasteiger partial charge in [0.05, 0.1) is 44.6 Å². The van der Waals surface area contributed by atoms with Gasteiger partial charge >= 0.3 is 5.97 Å². The van der Waals surface area contributed by atoms with Crippen molar-refractivity contribution in [3.63, 3.8) is 0 Å². The molecule has 16 heteroatoms. The maximum absolute atomic E-state index is 14.6. The molecular formula is C57H78N3O12S+. The van der Waals surface area contributed by atoms with Crippen LogP contribution in [0.15, 0.2) is 72.8 Å². The van der Waals surface area contributed by atoms with Gasteiger partial charge in [-0.05, 0) is 99.1 Å². The minimum atomic E-state index is -3.67. The van der Waals surface area contributed by atoms with E-state index in [0.717, 1.165) is 27.8 Å². The highest BCUT2D eigenvalue weighted by molar-refractivity contribution is 7.85. The minimum absolute atomic E-state index is 0.0142. The number of aryl methyl sites for hydroxylation is 3. The highest BCUT2D eigenvalue weighted by Gasteiger charge is 2.50. The van der Waals surface area contributed by atoms with Crippen LogP contribution < -0.4 is 15.4 Å². The molecule has 0 bridgehead atoms. The zero-order valence-electron chi connectivity index (χ0n) is 44.1. The third-order valence-electron chi connectivity index (χ3n) is 13.1. The zero-order valence-corrected chi connectivity index (χ0v) is 44.9. The molecule has 3 aromatic rings. The molecule has 0 radical (unpaired) electrons. The molecule has 3 aromatic carbocycles. The van der Waals surface area contributed by atoms with Crippen LogP contribution in [0, 0.1) is 49.9 Å². The van der Waals surface area contributed by atoms with E-state index in [9.17, 15) is 37.2 Å². The van der Waals surface area contributed by atoms with Gasteiger partial charge in [-0.3, -0.25) is 33.3 Å². The van der Waals surface area contributed by atoms with Crippen molar-refractivity contribution in [1.82, 2.24) is 10.6 Å². The molecular weight excluding hydrogens is 951 g/mol. The summed E-state index contributed by atoms with van der Waals surface area (Å²) >= 11 is 0. The lowest BCUT2D eigenvalue weighted by atomic mass is 9.87. The number of quaternary nitrogens is 1. The number of morpholine rings is 1. The molecule has 2 saturated heterocycles. The Hall–Kier alpha value is -5.57. The molecule has 2 aliphatic rings. The predicted octanol–water partition coefficient (Wildman–Crippen LogP) is 6.92. The Morgan fingerprint density at radius 3 is 1.86 bits per heavy atom. The van der Waals surface area contributed by atoms with E-state index in [1.165, 1.54) is 0 Å². The molecule has 0 spiro atoms. The van der Waals surface area contributed by atoms with Crippen LogP contribution in [0.25, 0.3) is 0 Å². The fourth-order valence-electron chi connectivity index (χ4n) is 9.33. The van der Waals surface area contributed by atoms with Crippen molar-refractivity contribution in [2.45, 2.75) is 130 Å². The van der Waals surface area contributed by atoms with E-state index >= 15 is 0 Å². The van der Waals surface area contributed by atoms with E-state index in [0.29, 0.717) is 88.0 Å². The van der Waals surface area contributed by atoms with Crippen LogP contribution in [-0.2, 0) is 67.7 Å². The highest BCUT2D eigenvalue weighted by atomic mass is 32.2. The largest absolute Gasteiger partial charge is 0.426 e. The van der Waals surface area contributed by atoms with Gasteiger partial charge in [0.15, 0.2) is 17.3 Å². The number of Topliss-reactive ketones (excluding diaryl/α,β-unsaturated/α-hetero) is 3. The van der Waals surface area contributed by atoms with Crippen molar-refractivity contribution in [3.8, 4) is 18.1 Å². The molecule has 5 atom stereocenters. The molecule has 3 N–H and O–H groups in total. The van der Waals surface area contributed by atoms with Crippen LogP contribution in [0.2, 0.25) is 0 Å². The molecule has 0 aromatic heterocycles. The maximum Gasteiger partial charge on any atom is 0.312 e.